The Morgan fingerprint density at radius 3 is 0.980 bits per heavy atom. The van der Waals surface area contributed by atoms with Gasteiger partial charge in [-0.05, 0) is 191 Å². The molecule has 0 fully saturated rings. The van der Waals surface area contributed by atoms with E-state index in [1.807, 2.05) is 6.08 Å². The molecule has 0 saturated heterocycles. The first kappa shape index (κ1) is 47.4. The zero-order valence-electron chi connectivity index (χ0n) is 35.2. The lowest BCUT2D eigenvalue weighted by atomic mass is 9.99. The summed E-state index contributed by atoms with van der Waals surface area (Å²) in [4.78, 5) is 0. The van der Waals surface area contributed by atoms with Crippen LogP contribution in [0.25, 0.3) is 0 Å². The fourth-order valence-electron chi connectivity index (χ4n) is 5.99. The molecule has 0 aromatic heterocycles. The Labute approximate surface area is 314 Å². The summed E-state index contributed by atoms with van der Waals surface area (Å²) in [5, 5.41) is 0. The average Bonchev–Trinajstić information content (AvgIpc) is 3.04. The van der Waals surface area contributed by atoms with Crippen LogP contribution in [0.4, 0.5) is 0 Å². The van der Waals surface area contributed by atoms with Crippen LogP contribution in [0.2, 0.25) is 0 Å². The molecule has 0 spiro atoms. The van der Waals surface area contributed by atoms with Gasteiger partial charge in [0.05, 0.1) is 0 Å². The van der Waals surface area contributed by atoms with Gasteiger partial charge in [-0.2, -0.15) is 0 Å². The molecule has 1 atom stereocenters. The lowest BCUT2D eigenvalue weighted by Gasteiger charge is -2.07. The molecule has 0 N–H and O–H groups in total. The van der Waals surface area contributed by atoms with Crippen molar-refractivity contribution in [1.29, 1.82) is 0 Å². The Morgan fingerprint density at radius 1 is 0.380 bits per heavy atom. The van der Waals surface area contributed by atoms with Crippen LogP contribution in [0, 0.1) is 12.8 Å². The van der Waals surface area contributed by atoms with Crippen LogP contribution in [0.3, 0.4) is 0 Å². The lowest BCUT2D eigenvalue weighted by Crippen LogP contribution is -1.91. The van der Waals surface area contributed by atoms with Gasteiger partial charge in [-0.3, -0.25) is 0 Å². The fraction of sp³-hybridized carbons (Fsp3) is 0.580. The molecule has 0 aliphatic carbocycles. The highest BCUT2D eigenvalue weighted by atomic mass is 14.1. The van der Waals surface area contributed by atoms with Crippen molar-refractivity contribution in [3.05, 3.63) is 124 Å². The van der Waals surface area contributed by atoms with Crippen LogP contribution in [-0.2, 0) is 0 Å². The molecule has 0 amide bonds. The Balaban J connectivity index is 4.25. The minimum absolute atomic E-state index is 0.622. The van der Waals surface area contributed by atoms with Crippen molar-refractivity contribution in [3.63, 3.8) is 0 Å². The SMILES string of the molecule is [CH2]/C=C(\C)CC/C=C(\C)CC/C=C(\C)CC/C=C(\C)CC/C=C(\C)CC/C=C(\C)CC/C=C(\C)CC/C=C(\C)CC(C)/C=C/CCC=C(C)C. The third kappa shape index (κ3) is 31.4. The summed E-state index contributed by atoms with van der Waals surface area (Å²) in [6.07, 6.45) is 46.0. The van der Waals surface area contributed by atoms with Crippen LogP contribution in [-0.4, -0.2) is 0 Å². The molecular formula is C50H81. The van der Waals surface area contributed by atoms with Crippen molar-refractivity contribution in [2.24, 2.45) is 5.92 Å². The summed E-state index contributed by atoms with van der Waals surface area (Å²) in [5.41, 5.74) is 13.5. The largest absolute Gasteiger partial charge is 0.0880 e. The van der Waals surface area contributed by atoms with Gasteiger partial charge in [0.25, 0.3) is 0 Å². The molecule has 0 heterocycles. The molecule has 0 aromatic carbocycles. The highest BCUT2D eigenvalue weighted by Crippen LogP contribution is 2.18. The minimum Gasteiger partial charge on any atom is -0.0880 e. The van der Waals surface area contributed by atoms with Crippen molar-refractivity contribution >= 4 is 0 Å². The van der Waals surface area contributed by atoms with E-state index in [2.05, 4.69) is 144 Å². The smallest absolute Gasteiger partial charge is 0.0225 e. The van der Waals surface area contributed by atoms with Gasteiger partial charge in [-0.25, -0.2) is 0 Å². The second kappa shape index (κ2) is 31.2. The van der Waals surface area contributed by atoms with Crippen molar-refractivity contribution < 1.29 is 0 Å². The molecule has 0 rings (SSSR count). The van der Waals surface area contributed by atoms with Crippen LogP contribution in [0.5, 0.6) is 0 Å². The summed E-state index contributed by atoms with van der Waals surface area (Å²) in [6, 6.07) is 0. The Morgan fingerprint density at radius 2 is 0.680 bits per heavy atom. The van der Waals surface area contributed by atoms with Crippen LogP contribution in [0.15, 0.2) is 117 Å². The molecule has 0 saturated carbocycles. The number of unbranched alkanes of at least 4 members (excludes halogenated alkanes) is 1. The van der Waals surface area contributed by atoms with Crippen LogP contribution < -0.4 is 0 Å². The summed E-state index contributed by atoms with van der Waals surface area (Å²) in [5.74, 6) is 0.622. The van der Waals surface area contributed by atoms with Crippen molar-refractivity contribution in [3.8, 4) is 0 Å². The van der Waals surface area contributed by atoms with Crippen molar-refractivity contribution in [1.82, 2.24) is 0 Å². The summed E-state index contributed by atoms with van der Waals surface area (Å²) in [6.45, 7) is 28.8. The van der Waals surface area contributed by atoms with E-state index in [0.717, 1.165) is 64.2 Å². The minimum atomic E-state index is 0.622. The Bertz CT molecular complexity index is 1220. The van der Waals surface area contributed by atoms with Gasteiger partial charge in [-0.1, -0.05) is 124 Å². The Kier molecular flexibility index (Phi) is 29.5. The molecule has 0 aliphatic heterocycles. The molecule has 0 bridgehead atoms. The van der Waals surface area contributed by atoms with E-state index in [-0.39, 0.29) is 0 Å². The molecule has 0 heteroatoms. The first-order valence-corrected chi connectivity index (χ1v) is 20.2. The fourth-order valence-corrected chi connectivity index (χ4v) is 5.99. The van der Waals surface area contributed by atoms with E-state index in [0.29, 0.717) is 5.92 Å². The van der Waals surface area contributed by atoms with Crippen molar-refractivity contribution in [2.45, 2.75) is 185 Å². The number of rotatable bonds is 27. The second-order valence-electron chi connectivity index (χ2n) is 15.6. The molecule has 0 aliphatic rings. The zero-order valence-corrected chi connectivity index (χ0v) is 35.2. The molecule has 50 heavy (non-hydrogen) atoms. The highest BCUT2D eigenvalue weighted by Gasteiger charge is 2.00. The Hall–Kier alpha value is -2.60. The highest BCUT2D eigenvalue weighted by molar-refractivity contribution is 5.11. The quantitative estimate of drug-likeness (QED) is 0.0598. The van der Waals surface area contributed by atoms with Crippen LogP contribution >= 0.6 is 0 Å². The monoisotopic (exact) mass is 682 g/mol. The molecule has 0 aromatic rings. The molecule has 1 radical (unpaired) electrons. The zero-order chi connectivity index (χ0) is 37.6. The molecular weight excluding hydrogens is 601 g/mol. The van der Waals surface area contributed by atoms with Gasteiger partial charge in [0.15, 0.2) is 0 Å². The third-order valence-corrected chi connectivity index (χ3v) is 9.56. The molecule has 281 valence electrons. The van der Waals surface area contributed by atoms with Gasteiger partial charge in [0.1, 0.15) is 0 Å². The maximum Gasteiger partial charge on any atom is -0.0225 e. The van der Waals surface area contributed by atoms with E-state index in [1.54, 1.807) is 0 Å². The van der Waals surface area contributed by atoms with Gasteiger partial charge >= 0.3 is 0 Å². The average molecular weight is 682 g/mol. The maximum atomic E-state index is 3.85. The summed E-state index contributed by atoms with van der Waals surface area (Å²) < 4.78 is 0. The van der Waals surface area contributed by atoms with Gasteiger partial charge in [0.2, 0.25) is 0 Å². The van der Waals surface area contributed by atoms with Gasteiger partial charge < -0.3 is 0 Å². The summed E-state index contributed by atoms with van der Waals surface area (Å²) >= 11 is 0. The number of hydrogen-bond donors (Lipinski definition) is 0. The van der Waals surface area contributed by atoms with Crippen molar-refractivity contribution in [2.75, 3.05) is 0 Å². The predicted octanol–water partition coefficient (Wildman–Crippen LogP) is 17.2. The van der Waals surface area contributed by atoms with E-state index in [4.69, 9.17) is 0 Å². The van der Waals surface area contributed by atoms with E-state index >= 15 is 0 Å². The first-order chi connectivity index (χ1) is 23.8. The number of hydrogen-bond acceptors (Lipinski definition) is 0. The molecule has 0 nitrogen and oxygen atoms in total. The second-order valence-corrected chi connectivity index (χ2v) is 15.6. The lowest BCUT2D eigenvalue weighted by molar-refractivity contribution is 0.708. The normalized spacial score (nSPS) is 15.4. The van der Waals surface area contributed by atoms with E-state index in [9.17, 15) is 0 Å². The number of allylic oxidation sites excluding steroid dienone is 20. The first-order valence-electron chi connectivity index (χ1n) is 20.2. The van der Waals surface area contributed by atoms with E-state index < -0.39 is 0 Å². The standard InChI is InChI=1S/C50H81/c1-13-42(4)26-17-27-43(5)28-18-29-44(6)30-19-31-45(7)32-20-33-46(8)34-21-35-47(9)36-22-37-48(10)38-23-39-50(12)40-49(11)25-16-14-15-24-41(2)3/h13,16,24-25,27,29,31,33,35,37,39,49H,1,14-15,17-23,26,28,30,32,34,36,38,40H2,2-12H3/b25-16+,42-13+,43-27+,44-29+,45-31+,46-33+,47-35+,48-37+,50-39+. The van der Waals surface area contributed by atoms with Crippen LogP contribution in [0.1, 0.15) is 185 Å². The maximum absolute atomic E-state index is 3.85. The molecule has 1 unspecified atom stereocenters. The third-order valence-electron chi connectivity index (χ3n) is 9.56. The topological polar surface area (TPSA) is 0 Å². The van der Waals surface area contributed by atoms with Gasteiger partial charge in [-0.15, -0.1) is 0 Å². The van der Waals surface area contributed by atoms with Gasteiger partial charge in [0, 0.05) is 0 Å². The summed E-state index contributed by atoms with van der Waals surface area (Å²) in [7, 11) is 0. The van der Waals surface area contributed by atoms with E-state index in [1.165, 1.54) is 95.1 Å². The predicted molar refractivity (Wildman–Crippen MR) is 232 cm³/mol.